The summed E-state index contributed by atoms with van der Waals surface area (Å²) in [5.41, 5.74) is 2.63. The molecule has 1 spiro atoms. The monoisotopic (exact) mass is 398 g/mol. The van der Waals surface area contributed by atoms with Crippen molar-refractivity contribution in [3.05, 3.63) is 40.9 Å². The van der Waals surface area contributed by atoms with Gasteiger partial charge >= 0.3 is 0 Å². The van der Waals surface area contributed by atoms with E-state index in [1.54, 1.807) is 5.51 Å². The fourth-order valence-corrected chi connectivity index (χ4v) is 5.33. The van der Waals surface area contributed by atoms with Crippen molar-refractivity contribution in [1.29, 1.82) is 0 Å². The van der Waals surface area contributed by atoms with E-state index in [1.807, 2.05) is 29.2 Å². The van der Waals surface area contributed by atoms with E-state index in [1.165, 1.54) is 11.3 Å². The smallest absolute Gasteiger partial charge is 0.254 e. The summed E-state index contributed by atoms with van der Waals surface area (Å²) in [5, 5.41) is 11.3. The van der Waals surface area contributed by atoms with Gasteiger partial charge in [-0.3, -0.25) is 14.9 Å². The molecule has 1 atom stereocenters. The van der Waals surface area contributed by atoms with Crippen molar-refractivity contribution in [2.45, 2.75) is 57.4 Å². The minimum atomic E-state index is -0.470. The number of hydrogen-bond donors (Lipinski definition) is 1. The lowest BCUT2D eigenvalue weighted by molar-refractivity contribution is -0.122. The Morgan fingerprint density at radius 1 is 1.29 bits per heavy atom. The average Bonchev–Trinajstić information content (AvgIpc) is 3.19. The highest BCUT2D eigenvalue weighted by molar-refractivity contribution is 7.13. The molecule has 2 heterocycles. The summed E-state index contributed by atoms with van der Waals surface area (Å²) >= 11 is 1.31. The van der Waals surface area contributed by atoms with Crippen molar-refractivity contribution >= 4 is 28.3 Å². The fraction of sp³-hybridized carbons (Fsp3) is 0.524. The zero-order valence-corrected chi connectivity index (χ0v) is 17.2. The average molecular weight is 399 g/mol. The van der Waals surface area contributed by atoms with E-state index < -0.39 is 11.5 Å². The first-order valence-electron chi connectivity index (χ1n) is 10.0. The van der Waals surface area contributed by atoms with E-state index >= 15 is 0 Å². The quantitative estimate of drug-likeness (QED) is 0.842. The predicted molar refractivity (Wildman–Crippen MR) is 109 cm³/mol. The third kappa shape index (κ3) is 3.21. The van der Waals surface area contributed by atoms with Crippen LogP contribution in [0.4, 0.5) is 5.13 Å². The Bertz CT molecular complexity index is 859. The van der Waals surface area contributed by atoms with Gasteiger partial charge in [-0.2, -0.15) is 0 Å². The summed E-state index contributed by atoms with van der Waals surface area (Å²) in [6.07, 6.45) is 4.93. The molecular formula is C21H26N4O2S. The minimum Gasteiger partial charge on any atom is -0.332 e. The second kappa shape index (κ2) is 7.62. The Hall–Kier alpha value is -2.28. The number of hydrogen-bond acceptors (Lipinski definition) is 5. The lowest BCUT2D eigenvalue weighted by Gasteiger charge is -2.54. The van der Waals surface area contributed by atoms with Gasteiger partial charge in [0.15, 0.2) is 0 Å². The first kappa shape index (κ1) is 19.1. The fourth-order valence-electron chi connectivity index (χ4n) is 4.88. The highest BCUT2D eigenvalue weighted by atomic mass is 32.1. The molecule has 0 unspecified atom stereocenters. The first-order valence-corrected chi connectivity index (χ1v) is 10.9. The molecule has 0 bridgehead atoms. The number of anilines is 1. The van der Waals surface area contributed by atoms with Crippen molar-refractivity contribution in [1.82, 2.24) is 15.1 Å². The maximum Gasteiger partial charge on any atom is 0.254 e. The molecule has 7 heteroatoms. The van der Waals surface area contributed by atoms with Gasteiger partial charge < -0.3 is 4.90 Å². The van der Waals surface area contributed by atoms with Crippen LogP contribution in [0.25, 0.3) is 0 Å². The van der Waals surface area contributed by atoms with Gasteiger partial charge in [0.25, 0.3) is 5.91 Å². The normalized spacial score (nSPS) is 21.0. The van der Waals surface area contributed by atoms with Crippen LogP contribution in [0.2, 0.25) is 0 Å². The van der Waals surface area contributed by atoms with Crippen LogP contribution >= 0.6 is 11.3 Å². The number of amides is 2. The summed E-state index contributed by atoms with van der Waals surface area (Å²) in [5.74, 6) is -0.0947. The number of carbonyl (C=O) groups excluding carboxylic acids is 2. The third-order valence-electron chi connectivity index (χ3n) is 5.94. The molecule has 1 aliphatic carbocycles. The number of fused-ring (bicyclic) bond motifs is 1. The third-order valence-corrected chi connectivity index (χ3v) is 6.55. The number of aromatic nitrogens is 2. The van der Waals surface area contributed by atoms with Crippen molar-refractivity contribution in [2.24, 2.45) is 5.92 Å². The van der Waals surface area contributed by atoms with Gasteiger partial charge in [0.1, 0.15) is 5.51 Å². The van der Waals surface area contributed by atoms with Gasteiger partial charge in [-0.05, 0) is 30.4 Å². The van der Waals surface area contributed by atoms with Crippen LogP contribution in [0.1, 0.15) is 67.8 Å². The zero-order valence-electron chi connectivity index (χ0n) is 16.4. The number of nitrogens with one attached hydrogen (secondary N) is 1. The number of nitrogens with zero attached hydrogens (tertiary/aromatic N) is 3. The molecule has 6 nitrogen and oxygen atoms in total. The molecule has 2 amide bonds. The maximum absolute atomic E-state index is 13.5. The first-order chi connectivity index (χ1) is 13.5. The van der Waals surface area contributed by atoms with E-state index in [-0.39, 0.29) is 11.8 Å². The van der Waals surface area contributed by atoms with Crippen LogP contribution in [-0.2, 0) is 4.79 Å². The van der Waals surface area contributed by atoms with Crippen LogP contribution < -0.4 is 5.32 Å². The van der Waals surface area contributed by atoms with E-state index in [2.05, 4.69) is 29.4 Å². The van der Waals surface area contributed by atoms with Crippen LogP contribution in [0.3, 0.4) is 0 Å². The summed E-state index contributed by atoms with van der Waals surface area (Å²) in [7, 11) is 0. The molecule has 148 valence electrons. The summed E-state index contributed by atoms with van der Waals surface area (Å²) in [6, 6.07) is 7.60. The van der Waals surface area contributed by atoms with Crippen molar-refractivity contribution in [2.75, 3.05) is 11.9 Å². The molecule has 28 heavy (non-hydrogen) atoms. The Labute approximate surface area is 169 Å². The Morgan fingerprint density at radius 2 is 2.04 bits per heavy atom. The molecule has 1 saturated carbocycles. The minimum absolute atomic E-state index is 0.0613. The van der Waals surface area contributed by atoms with Gasteiger partial charge in [-0.1, -0.05) is 62.6 Å². The summed E-state index contributed by atoms with van der Waals surface area (Å²) < 4.78 is 0. The van der Waals surface area contributed by atoms with E-state index in [0.717, 1.165) is 37.7 Å². The van der Waals surface area contributed by atoms with E-state index in [0.29, 0.717) is 23.2 Å². The summed E-state index contributed by atoms with van der Waals surface area (Å²) in [4.78, 5) is 29.0. The predicted octanol–water partition coefficient (Wildman–Crippen LogP) is 4.08. The SMILES string of the molecule is CC(C)CN1C(=O)c2ccccc2[C@@H](C(=O)Nc2nncs2)C12CCCCC2. The number of carbonyl (C=O) groups is 2. The Kier molecular flexibility index (Phi) is 5.19. The molecular weight excluding hydrogens is 372 g/mol. The molecule has 1 aromatic carbocycles. The van der Waals surface area contributed by atoms with Crippen LogP contribution in [0.15, 0.2) is 29.8 Å². The highest BCUT2D eigenvalue weighted by Crippen LogP contribution is 2.49. The van der Waals surface area contributed by atoms with Crippen LogP contribution in [0.5, 0.6) is 0 Å². The van der Waals surface area contributed by atoms with E-state index in [4.69, 9.17) is 0 Å². The van der Waals surface area contributed by atoms with Crippen molar-refractivity contribution < 1.29 is 9.59 Å². The van der Waals surface area contributed by atoms with Gasteiger partial charge in [0, 0.05) is 12.1 Å². The summed E-state index contributed by atoms with van der Waals surface area (Å²) in [6.45, 7) is 4.91. The molecule has 2 aliphatic rings. The molecule has 0 radical (unpaired) electrons. The van der Waals surface area contributed by atoms with Gasteiger partial charge in [-0.15, -0.1) is 10.2 Å². The van der Waals surface area contributed by atoms with Crippen LogP contribution in [0, 0.1) is 5.92 Å². The maximum atomic E-state index is 13.5. The number of benzene rings is 1. The van der Waals surface area contributed by atoms with Gasteiger partial charge in [0.2, 0.25) is 11.0 Å². The second-order valence-corrected chi connectivity index (χ2v) is 9.06. The lowest BCUT2D eigenvalue weighted by atomic mass is 9.65. The zero-order chi connectivity index (χ0) is 19.7. The van der Waals surface area contributed by atoms with Crippen LogP contribution in [-0.4, -0.2) is 39.0 Å². The lowest BCUT2D eigenvalue weighted by Crippen LogP contribution is -2.62. The Morgan fingerprint density at radius 3 is 2.71 bits per heavy atom. The molecule has 1 aromatic heterocycles. The molecule has 0 saturated heterocycles. The standard InChI is InChI=1S/C21H26N4O2S/c1-14(2)12-25-19(27)16-9-5-4-8-15(16)17(21(25)10-6-3-7-11-21)18(26)23-20-24-22-13-28-20/h4-5,8-9,13-14,17H,3,6-7,10-12H2,1-2H3,(H,23,24,26)/t17-/m0/s1. The molecule has 2 aromatic rings. The van der Waals surface area contributed by atoms with Gasteiger partial charge in [0.05, 0.1) is 11.5 Å². The molecule has 1 N–H and O–H groups in total. The number of rotatable bonds is 4. The van der Waals surface area contributed by atoms with Gasteiger partial charge in [-0.25, -0.2) is 0 Å². The second-order valence-electron chi connectivity index (χ2n) is 8.23. The topological polar surface area (TPSA) is 75.2 Å². The highest BCUT2D eigenvalue weighted by Gasteiger charge is 2.54. The molecule has 1 aliphatic heterocycles. The largest absolute Gasteiger partial charge is 0.332 e. The van der Waals surface area contributed by atoms with Crippen molar-refractivity contribution in [3.8, 4) is 0 Å². The van der Waals surface area contributed by atoms with Crippen molar-refractivity contribution in [3.63, 3.8) is 0 Å². The van der Waals surface area contributed by atoms with E-state index in [9.17, 15) is 9.59 Å². The molecule has 4 rings (SSSR count). The Balaban J connectivity index is 1.84. The molecule has 1 fully saturated rings.